The van der Waals surface area contributed by atoms with Crippen LogP contribution in [0.1, 0.15) is 18.1 Å². The lowest BCUT2D eigenvalue weighted by atomic mass is 10.2. The molecule has 3 nitrogen and oxygen atoms in total. The Labute approximate surface area is 127 Å². The molecule has 0 aliphatic rings. The molecule has 106 valence electrons. The monoisotopic (exact) mass is 335 g/mol. The molecule has 0 amide bonds. The maximum Gasteiger partial charge on any atom is 0.161 e. The van der Waals surface area contributed by atoms with Gasteiger partial charge in [0, 0.05) is 11.0 Å². The van der Waals surface area contributed by atoms with Gasteiger partial charge in [-0.2, -0.15) is 0 Å². The molecular formula is C16H18BrNO2. The molecule has 0 saturated heterocycles. The topological polar surface area (TPSA) is 44.5 Å². The van der Waals surface area contributed by atoms with Gasteiger partial charge in [-0.3, -0.25) is 0 Å². The molecule has 4 heteroatoms. The minimum absolute atomic E-state index is 0.493. The molecule has 0 spiro atoms. The van der Waals surface area contributed by atoms with E-state index in [9.17, 15) is 0 Å². The summed E-state index contributed by atoms with van der Waals surface area (Å²) in [7, 11) is 0. The minimum Gasteiger partial charge on any atom is -0.490 e. The molecule has 2 aromatic rings. The Morgan fingerprint density at radius 1 is 0.950 bits per heavy atom. The zero-order valence-corrected chi connectivity index (χ0v) is 13.0. The van der Waals surface area contributed by atoms with E-state index in [-0.39, 0.29) is 0 Å². The third-order valence-electron chi connectivity index (χ3n) is 2.85. The molecule has 2 aromatic carbocycles. The third-order valence-corrected chi connectivity index (χ3v) is 3.38. The highest BCUT2D eigenvalue weighted by atomic mass is 79.9. The fourth-order valence-corrected chi connectivity index (χ4v) is 2.07. The van der Waals surface area contributed by atoms with Crippen LogP contribution in [0.15, 0.2) is 46.9 Å². The van der Waals surface area contributed by atoms with Gasteiger partial charge in [-0.05, 0) is 42.3 Å². The molecule has 0 aliphatic carbocycles. The molecular weight excluding hydrogens is 318 g/mol. The first-order valence-corrected chi connectivity index (χ1v) is 7.35. The fraction of sp³-hybridized carbons (Fsp3) is 0.250. The van der Waals surface area contributed by atoms with Crippen LogP contribution < -0.4 is 15.2 Å². The van der Waals surface area contributed by atoms with Crippen molar-refractivity contribution < 1.29 is 9.47 Å². The van der Waals surface area contributed by atoms with E-state index in [0.29, 0.717) is 19.8 Å². The van der Waals surface area contributed by atoms with Gasteiger partial charge in [0.2, 0.25) is 0 Å². The molecule has 0 unspecified atom stereocenters. The van der Waals surface area contributed by atoms with Crippen LogP contribution in [-0.4, -0.2) is 6.61 Å². The van der Waals surface area contributed by atoms with E-state index >= 15 is 0 Å². The molecule has 0 aliphatic heterocycles. The van der Waals surface area contributed by atoms with Crippen molar-refractivity contribution in [1.82, 2.24) is 0 Å². The van der Waals surface area contributed by atoms with Crippen LogP contribution in [-0.2, 0) is 13.2 Å². The summed E-state index contributed by atoms with van der Waals surface area (Å²) >= 11 is 3.42. The first-order chi connectivity index (χ1) is 9.72. The maximum absolute atomic E-state index is 5.83. The van der Waals surface area contributed by atoms with Crippen LogP contribution in [0, 0.1) is 0 Å². The number of nitrogens with two attached hydrogens (primary N) is 1. The van der Waals surface area contributed by atoms with Gasteiger partial charge in [0.15, 0.2) is 11.5 Å². The second kappa shape index (κ2) is 7.31. The normalized spacial score (nSPS) is 10.3. The van der Waals surface area contributed by atoms with Gasteiger partial charge >= 0.3 is 0 Å². The van der Waals surface area contributed by atoms with E-state index in [1.165, 1.54) is 0 Å². The van der Waals surface area contributed by atoms with E-state index in [4.69, 9.17) is 15.2 Å². The first-order valence-electron chi connectivity index (χ1n) is 6.56. The van der Waals surface area contributed by atoms with Crippen LogP contribution >= 0.6 is 15.9 Å². The quantitative estimate of drug-likeness (QED) is 0.870. The van der Waals surface area contributed by atoms with Crippen molar-refractivity contribution >= 4 is 15.9 Å². The van der Waals surface area contributed by atoms with Gasteiger partial charge in [0.1, 0.15) is 6.61 Å². The molecule has 0 aromatic heterocycles. The fourth-order valence-electron chi connectivity index (χ4n) is 1.81. The second-order valence-corrected chi connectivity index (χ2v) is 5.25. The van der Waals surface area contributed by atoms with E-state index in [1.807, 2.05) is 49.4 Å². The molecule has 0 fully saturated rings. The van der Waals surface area contributed by atoms with Crippen molar-refractivity contribution in [1.29, 1.82) is 0 Å². The highest BCUT2D eigenvalue weighted by molar-refractivity contribution is 9.10. The van der Waals surface area contributed by atoms with Gasteiger partial charge in [-0.15, -0.1) is 0 Å². The van der Waals surface area contributed by atoms with Crippen LogP contribution in [0.25, 0.3) is 0 Å². The lowest BCUT2D eigenvalue weighted by Crippen LogP contribution is -2.02. The molecule has 2 N–H and O–H groups in total. The van der Waals surface area contributed by atoms with Crippen molar-refractivity contribution in [3.63, 3.8) is 0 Å². The van der Waals surface area contributed by atoms with Crippen molar-refractivity contribution in [3.05, 3.63) is 58.1 Å². The minimum atomic E-state index is 0.493. The van der Waals surface area contributed by atoms with Crippen LogP contribution in [0.4, 0.5) is 0 Å². The smallest absolute Gasteiger partial charge is 0.161 e. The van der Waals surface area contributed by atoms with Gasteiger partial charge in [0.05, 0.1) is 6.61 Å². The zero-order valence-electron chi connectivity index (χ0n) is 11.4. The molecule has 20 heavy (non-hydrogen) atoms. The predicted octanol–water partition coefficient (Wildman–Crippen LogP) is 3.89. The summed E-state index contributed by atoms with van der Waals surface area (Å²) < 4.78 is 12.5. The Morgan fingerprint density at radius 2 is 1.65 bits per heavy atom. The summed E-state index contributed by atoms with van der Waals surface area (Å²) in [6.07, 6.45) is 0. The van der Waals surface area contributed by atoms with Gasteiger partial charge in [0.25, 0.3) is 0 Å². The highest BCUT2D eigenvalue weighted by Gasteiger charge is 2.06. The van der Waals surface area contributed by atoms with E-state index < -0.39 is 0 Å². The highest BCUT2D eigenvalue weighted by Crippen LogP contribution is 2.29. The van der Waals surface area contributed by atoms with Crippen molar-refractivity contribution in [2.24, 2.45) is 5.73 Å². The van der Waals surface area contributed by atoms with E-state index in [0.717, 1.165) is 27.1 Å². The summed E-state index contributed by atoms with van der Waals surface area (Å²) in [6.45, 7) is 3.55. The van der Waals surface area contributed by atoms with Gasteiger partial charge in [-0.1, -0.05) is 34.1 Å². The molecule has 2 rings (SSSR count). The second-order valence-electron chi connectivity index (χ2n) is 4.33. The summed E-state index contributed by atoms with van der Waals surface area (Å²) in [6, 6.07) is 13.8. The number of halogens is 1. The summed E-state index contributed by atoms with van der Waals surface area (Å²) in [4.78, 5) is 0. The Bertz CT molecular complexity index is 555. The maximum atomic E-state index is 5.83. The van der Waals surface area contributed by atoms with E-state index in [2.05, 4.69) is 15.9 Å². The standard InChI is InChI=1S/C16H18BrNO2/c1-2-19-16-9-13(10-18)5-8-15(16)20-11-12-3-6-14(17)7-4-12/h3-9H,2,10-11,18H2,1H3. The number of hydrogen-bond donors (Lipinski definition) is 1. The summed E-state index contributed by atoms with van der Waals surface area (Å²) in [5.74, 6) is 1.49. The van der Waals surface area contributed by atoms with Crippen LogP contribution in [0.2, 0.25) is 0 Å². The molecule has 0 heterocycles. The lowest BCUT2D eigenvalue weighted by Gasteiger charge is -2.13. The zero-order chi connectivity index (χ0) is 14.4. The van der Waals surface area contributed by atoms with Crippen molar-refractivity contribution in [2.75, 3.05) is 6.61 Å². The van der Waals surface area contributed by atoms with Gasteiger partial charge < -0.3 is 15.2 Å². The third kappa shape index (κ3) is 3.99. The SMILES string of the molecule is CCOc1cc(CN)ccc1OCc1ccc(Br)cc1. The van der Waals surface area contributed by atoms with Crippen LogP contribution in [0.5, 0.6) is 11.5 Å². The number of ether oxygens (including phenoxy) is 2. The lowest BCUT2D eigenvalue weighted by molar-refractivity contribution is 0.269. The average Bonchev–Trinajstić information content (AvgIpc) is 2.48. The Hall–Kier alpha value is -1.52. The van der Waals surface area contributed by atoms with Crippen molar-refractivity contribution in [3.8, 4) is 11.5 Å². The Morgan fingerprint density at radius 3 is 2.30 bits per heavy atom. The molecule has 0 bridgehead atoms. The summed E-state index contributed by atoms with van der Waals surface area (Å²) in [5.41, 5.74) is 7.78. The molecule has 0 atom stereocenters. The Kier molecular flexibility index (Phi) is 5.44. The van der Waals surface area contributed by atoms with Crippen LogP contribution in [0.3, 0.4) is 0 Å². The number of benzene rings is 2. The average molecular weight is 336 g/mol. The number of hydrogen-bond acceptors (Lipinski definition) is 3. The molecule has 0 radical (unpaired) electrons. The van der Waals surface area contributed by atoms with E-state index in [1.54, 1.807) is 0 Å². The molecule has 0 saturated carbocycles. The summed E-state index contributed by atoms with van der Waals surface area (Å²) in [5, 5.41) is 0. The Balaban J connectivity index is 2.09. The van der Waals surface area contributed by atoms with Gasteiger partial charge in [-0.25, -0.2) is 0 Å². The first kappa shape index (κ1) is 14.9. The predicted molar refractivity (Wildman–Crippen MR) is 84.0 cm³/mol. The number of rotatable bonds is 6. The van der Waals surface area contributed by atoms with Crippen molar-refractivity contribution in [2.45, 2.75) is 20.1 Å². The largest absolute Gasteiger partial charge is 0.490 e.